The van der Waals surface area contributed by atoms with Gasteiger partial charge in [0.15, 0.2) is 0 Å². The van der Waals surface area contributed by atoms with Crippen LogP contribution in [0.4, 0.5) is 10.5 Å². The van der Waals surface area contributed by atoms with E-state index in [1.54, 1.807) is 6.92 Å². The summed E-state index contributed by atoms with van der Waals surface area (Å²) in [4.78, 5) is 12.1. The van der Waals surface area contributed by atoms with E-state index in [2.05, 4.69) is 29.6 Å². The second-order valence-corrected chi connectivity index (χ2v) is 7.11. The van der Waals surface area contributed by atoms with Crippen molar-refractivity contribution in [3.8, 4) is 0 Å². The molecular weight excluding hydrogens is 280 g/mol. The summed E-state index contributed by atoms with van der Waals surface area (Å²) in [6.07, 6.45) is 0.255. The van der Waals surface area contributed by atoms with Gasteiger partial charge < -0.3 is 15.7 Å². The van der Waals surface area contributed by atoms with Gasteiger partial charge in [-0.1, -0.05) is 13.8 Å². The van der Waals surface area contributed by atoms with Crippen LogP contribution in [0, 0.1) is 19.3 Å². The van der Waals surface area contributed by atoms with E-state index in [4.69, 9.17) is 0 Å². The van der Waals surface area contributed by atoms with Crippen LogP contribution in [0.5, 0.6) is 0 Å². The molecule has 1 aromatic heterocycles. The first-order valence-electron chi connectivity index (χ1n) is 7.82. The lowest BCUT2D eigenvalue weighted by Crippen LogP contribution is -2.38. The number of carbonyl (C=O) groups is 1. The van der Waals surface area contributed by atoms with Gasteiger partial charge in [-0.3, -0.25) is 4.68 Å². The predicted octanol–water partition coefficient (Wildman–Crippen LogP) is 3.00. The number of aliphatic hydroxyl groups is 1. The molecule has 1 aromatic rings. The molecular formula is C16H30N4O2. The molecule has 3 N–H and O–H groups in total. The van der Waals surface area contributed by atoms with Crippen molar-refractivity contribution >= 4 is 11.7 Å². The molecule has 0 radical (unpaired) electrons. The van der Waals surface area contributed by atoms with Crippen molar-refractivity contribution in [2.45, 2.75) is 67.0 Å². The van der Waals surface area contributed by atoms with Gasteiger partial charge in [-0.15, -0.1) is 0 Å². The molecule has 0 unspecified atom stereocenters. The second-order valence-electron chi connectivity index (χ2n) is 7.11. The number of nitrogens with one attached hydrogen (secondary N) is 2. The highest BCUT2D eigenvalue weighted by molar-refractivity contribution is 5.90. The SMILES string of the molecule is Cc1nn(C(C)C)c(C)c1NC(=O)NCC(C)(C)C[C@@H](C)O. The van der Waals surface area contributed by atoms with Gasteiger partial charge in [0.05, 0.1) is 23.2 Å². The maximum Gasteiger partial charge on any atom is 0.319 e. The Hall–Kier alpha value is -1.56. The van der Waals surface area contributed by atoms with Crippen LogP contribution in [0.15, 0.2) is 0 Å². The average Bonchev–Trinajstić information content (AvgIpc) is 2.63. The van der Waals surface area contributed by atoms with Gasteiger partial charge in [-0.25, -0.2) is 4.79 Å². The lowest BCUT2D eigenvalue weighted by molar-refractivity contribution is 0.129. The third kappa shape index (κ3) is 5.02. The summed E-state index contributed by atoms with van der Waals surface area (Å²) < 4.78 is 1.91. The Morgan fingerprint density at radius 3 is 2.36 bits per heavy atom. The molecule has 0 aliphatic rings. The molecule has 126 valence electrons. The molecule has 0 aliphatic carbocycles. The van der Waals surface area contributed by atoms with E-state index in [1.807, 2.05) is 32.4 Å². The lowest BCUT2D eigenvalue weighted by Gasteiger charge is -2.26. The van der Waals surface area contributed by atoms with Crippen LogP contribution in [-0.2, 0) is 0 Å². The standard InChI is InChI=1S/C16H30N4O2/c1-10(2)20-13(5)14(12(4)19-20)18-15(22)17-9-16(6,7)8-11(3)21/h10-11,21H,8-9H2,1-7H3,(H2,17,18,22)/t11-/m1/s1. The van der Waals surface area contributed by atoms with Crippen LogP contribution < -0.4 is 10.6 Å². The molecule has 1 atom stereocenters. The third-order valence-electron chi connectivity index (χ3n) is 3.63. The fourth-order valence-corrected chi connectivity index (χ4v) is 2.70. The Morgan fingerprint density at radius 2 is 1.91 bits per heavy atom. The van der Waals surface area contributed by atoms with E-state index in [0.29, 0.717) is 13.0 Å². The maximum absolute atomic E-state index is 12.1. The van der Waals surface area contributed by atoms with Gasteiger partial charge >= 0.3 is 6.03 Å². The summed E-state index contributed by atoms with van der Waals surface area (Å²) in [5, 5.41) is 19.7. The first-order valence-corrected chi connectivity index (χ1v) is 7.82. The number of hydrogen-bond acceptors (Lipinski definition) is 3. The summed E-state index contributed by atoms with van der Waals surface area (Å²) in [6.45, 7) is 14.3. The van der Waals surface area contributed by atoms with E-state index in [0.717, 1.165) is 17.1 Å². The van der Waals surface area contributed by atoms with Gasteiger partial charge in [0.25, 0.3) is 0 Å². The van der Waals surface area contributed by atoms with E-state index >= 15 is 0 Å². The van der Waals surface area contributed by atoms with Gasteiger partial charge in [0.2, 0.25) is 0 Å². The zero-order valence-electron chi connectivity index (χ0n) is 14.8. The molecule has 6 heteroatoms. The number of rotatable bonds is 6. The topological polar surface area (TPSA) is 79.2 Å². The zero-order valence-corrected chi connectivity index (χ0v) is 14.8. The third-order valence-corrected chi connectivity index (χ3v) is 3.63. The quantitative estimate of drug-likeness (QED) is 0.755. The van der Waals surface area contributed by atoms with Crippen molar-refractivity contribution in [3.63, 3.8) is 0 Å². The number of aliphatic hydroxyl groups excluding tert-OH is 1. The number of amides is 2. The molecule has 1 rings (SSSR count). The Bertz CT molecular complexity index is 518. The van der Waals surface area contributed by atoms with E-state index in [1.165, 1.54) is 0 Å². The first kappa shape index (κ1) is 18.5. The average molecular weight is 310 g/mol. The number of urea groups is 1. The van der Waals surface area contributed by atoms with Crippen LogP contribution in [0.2, 0.25) is 0 Å². The summed E-state index contributed by atoms with van der Waals surface area (Å²) in [5.41, 5.74) is 2.37. The summed E-state index contributed by atoms with van der Waals surface area (Å²) in [7, 11) is 0. The minimum absolute atomic E-state index is 0.155. The molecule has 0 aromatic carbocycles. The van der Waals surface area contributed by atoms with Gasteiger partial charge in [0, 0.05) is 12.6 Å². The van der Waals surface area contributed by atoms with Gasteiger partial charge in [-0.2, -0.15) is 5.10 Å². The Balaban J connectivity index is 2.67. The van der Waals surface area contributed by atoms with E-state index in [-0.39, 0.29) is 23.6 Å². The predicted molar refractivity (Wildman–Crippen MR) is 89.2 cm³/mol. The van der Waals surface area contributed by atoms with Crippen LogP contribution in [0.3, 0.4) is 0 Å². The molecule has 0 fully saturated rings. The van der Waals surface area contributed by atoms with Crippen molar-refractivity contribution < 1.29 is 9.90 Å². The zero-order chi connectivity index (χ0) is 17.1. The fourth-order valence-electron chi connectivity index (χ4n) is 2.70. The summed E-state index contributed by atoms with van der Waals surface area (Å²) >= 11 is 0. The molecule has 2 amide bonds. The Kier molecular flexibility index (Phi) is 6.00. The minimum atomic E-state index is -0.381. The van der Waals surface area contributed by atoms with Crippen molar-refractivity contribution in [3.05, 3.63) is 11.4 Å². The lowest BCUT2D eigenvalue weighted by atomic mass is 9.87. The molecule has 0 saturated carbocycles. The highest BCUT2D eigenvalue weighted by Crippen LogP contribution is 2.23. The maximum atomic E-state index is 12.1. The van der Waals surface area contributed by atoms with Gasteiger partial charge in [0.1, 0.15) is 0 Å². The molecule has 22 heavy (non-hydrogen) atoms. The largest absolute Gasteiger partial charge is 0.393 e. The van der Waals surface area contributed by atoms with Crippen LogP contribution in [-0.4, -0.2) is 33.6 Å². The normalized spacial score (nSPS) is 13.3. The number of aryl methyl sites for hydroxylation is 1. The molecule has 6 nitrogen and oxygen atoms in total. The van der Waals surface area contributed by atoms with E-state index < -0.39 is 0 Å². The number of hydrogen-bond donors (Lipinski definition) is 3. The Morgan fingerprint density at radius 1 is 1.32 bits per heavy atom. The molecule has 0 aliphatic heterocycles. The molecule has 1 heterocycles. The highest BCUT2D eigenvalue weighted by Gasteiger charge is 2.22. The summed E-state index contributed by atoms with van der Waals surface area (Å²) in [6, 6.07) is 0.00969. The Labute approximate surface area is 133 Å². The van der Waals surface area contributed by atoms with Crippen LogP contribution >= 0.6 is 0 Å². The van der Waals surface area contributed by atoms with Gasteiger partial charge in [-0.05, 0) is 46.5 Å². The number of nitrogens with zero attached hydrogens (tertiary/aromatic N) is 2. The molecule has 0 bridgehead atoms. The first-order chi connectivity index (χ1) is 10.0. The molecule has 0 spiro atoms. The van der Waals surface area contributed by atoms with Crippen molar-refractivity contribution in [2.75, 3.05) is 11.9 Å². The monoisotopic (exact) mass is 310 g/mol. The van der Waals surface area contributed by atoms with Crippen LogP contribution in [0.1, 0.15) is 58.5 Å². The molecule has 0 saturated heterocycles. The van der Waals surface area contributed by atoms with Crippen LogP contribution in [0.25, 0.3) is 0 Å². The smallest absolute Gasteiger partial charge is 0.319 e. The number of aromatic nitrogens is 2. The van der Waals surface area contributed by atoms with Crippen molar-refractivity contribution in [1.82, 2.24) is 15.1 Å². The van der Waals surface area contributed by atoms with Crippen molar-refractivity contribution in [1.29, 1.82) is 0 Å². The number of carbonyl (C=O) groups excluding carboxylic acids is 1. The second kappa shape index (κ2) is 7.13. The number of anilines is 1. The fraction of sp³-hybridized carbons (Fsp3) is 0.750. The summed E-state index contributed by atoms with van der Waals surface area (Å²) in [5.74, 6) is 0. The minimum Gasteiger partial charge on any atom is -0.393 e. The van der Waals surface area contributed by atoms with E-state index in [9.17, 15) is 9.90 Å². The van der Waals surface area contributed by atoms with Crippen molar-refractivity contribution in [2.24, 2.45) is 5.41 Å². The highest BCUT2D eigenvalue weighted by atomic mass is 16.3.